The molecule has 0 aliphatic carbocycles. The first-order valence-corrected chi connectivity index (χ1v) is 3.23. The molecule has 1 aromatic carbocycles. The average molecular weight is 148 g/mol. The van der Waals surface area contributed by atoms with E-state index in [0.29, 0.717) is 0 Å². The smallest absolute Gasteiger partial charge is 0.314 e. The standard InChI is InChI=1S/C8H10N3/c1-10-7-3-5-8(6-4-7)11(2)9/h1,3-6H,9H2,2H3/q+1. The number of benzene rings is 1. The highest BCUT2D eigenvalue weighted by Crippen LogP contribution is 2.16. The fraction of sp³-hybridized carbons (Fsp3) is 0.125. The second-order valence-electron chi connectivity index (χ2n) is 2.26. The molecule has 2 N–H and O–H groups in total. The first-order valence-electron chi connectivity index (χ1n) is 3.23. The Bertz CT molecular complexity index is 268. The summed E-state index contributed by atoms with van der Waals surface area (Å²) >= 11 is 0. The van der Waals surface area contributed by atoms with Gasteiger partial charge in [0.25, 0.3) is 6.57 Å². The van der Waals surface area contributed by atoms with E-state index in [1.54, 1.807) is 19.2 Å². The third-order valence-corrected chi connectivity index (χ3v) is 1.41. The van der Waals surface area contributed by atoms with Crippen LogP contribution in [0.3, 0.4) is 0 Å². The topological polar surface area (TPSA) is 33.6 Å². The van der Waals surface area contributed by atoms with Gasteiger partial charge in [0.15, 0.2) is 0 Å². The zero-order valence-electron chi connectivity index (χ0n) is 6.36. The number of rotatable bonds is 1. The summed E-state index contributed by atoms with van der Waals surface area (Å²) in [4.78, 5) is 3.51. The molecule has 0 radical (unpaired) electrons. The number of hydrazine groups is 1. The molecule has 0 aliphatic heterocycles. The summed E-state index contributed by atoms with van der Waals surface area (Å²) in [5.74, 6) is 5.48. The van der Waals surface area contributed by atoms with Crippen molar-refractivity contribution in [3.63, 3.8) is 0 Å². The lowest BCUT2D eigenvalue weighted by Crippen LogP contribution is -2.24. The number of hydrogen-bond donors (Lipinski definition) is 1. The third kappa shape index (κ3) is 1.69. The molecule has 3 heteroatoms. The lowest BCUT2D eigenvalue weighted by molar-refractivity contribution is 1.02. The van der Waals surface area contributed by atoms with Gasteiger partial charge in [0.2, 0.25) is 0 Å². The number of nitrogens with two attached hydrogens (primary N) is 1. The van der Waals surface area contributed by atoms with Gasteiger partial charge in [-0.25, -0.2) is 5.84 Å². The first kappa shape index (κ1) is 7.58. The van der Waals surface area contributed by atoms with Crippen LogP contribution >= 0.6 is 0 Å². The van der Waals surface area contributed by atoms with Gasteiger partial charge in [-0.15, -0.1) is 0 Å². The van der Waals surface area contributed by atoms with E-state index in [9.17, 15) is 0 Å². The van der Waals surface area contributed by atoms with E-state index in [2.05, 4.69) is 4.85 Å². The molecule has 3 nitrogen and oxygen atoms in total. The summed E-state index contributed by atoms with van der Waals surface area (Å²) in [5, 5.41) is 1.53. The molecule has 0 bridgehead atoms. The van der Waals surface area contributed by atoms with Gasteiger partial charge < -0.3 is 5.01 Å². The van der Waals surface area contributed by atoms with Crippen molar-refractivity contribution in [3.05, 3.63) is 29.1 Å². The van der Waals surface area contributed by atoms with Crippen LogP contribution in [0.2, 0.25) is 0 Å². The predicted octanol–water partition coefficient (Wildman–Crippen LogP) is 1.59. The van der Waals surface area contributed by atoms with Gasteiger partial charge in [-0.1, -0.05) is 0 Å². The van der Waals surface area contributed by atoms with Crippen LogP contribution in [0, 0.1) is 6.57 Å². The summed E-state index contributed by atoms with van der Waals surface area (Å²) in [6, 6.07) is 7.31. The fourth-order valence-electron chi connectivity index (χ4n) is 0.774. The molecular weight excluding hydrogens is 138 g/mol. The molecule has 0 aromatic heterocycles. The van der Waals surface area contributed by atoms with Crippen molar-refractivity contribution in [1.29, 1.82) is 0 Å². The van der Waals surface area contributed by atoms with Crippen molar-refractivity contribution in [2.24, 2.45) is 5.84 Å². The molecular formula is C8H10N3+. The highest BCUT2D eigenvalue weighted by Gasteiger charge is 1.99. The number of hydrogen-bond acceptors (Lipinski definition) is 2. The maximum Gasteiger partial charge on any atom is 0.340 e. The summed E-state index contributed by atoms with van der Waals surface area (Å²) < 4.78 is 0. The lowest BCUT2D eigenvalue weighted by atomic mass is 10.3. The second-order valence-corrected chi connectivity index (χ2v) is 2.26. The van der Waals surface area contributed by atoms with Gasteiger partial charge in [0.05, 0.1) is 5.69 Å². The maximum atomic E-state index is 5.48. The number of nitrogens with zero attached hydrogens (tertiary/aromatic N) is 2. The van der Waals surface area contributed by atoms with Crippen LogP contribution in [0.5, 0.6) is 0 Å². The van der Waals surface area contributed by atoms with Crippen LogP contribution in [0.4, 0.5) is 11.4 Å². The van der Waals surface area contributed by atoms with Gasteiger partial charge >= 0.3 is 5.69 Å². The molecule has 0 fully saturated rings. The molecule has 0 aliphatic rings. The molecule has 0 saturated heterocycles. The summed E-state index contributed by atoms with van der Waals surface area (Å²) in [7, 11) is 1.77. The average Bonchev–Trinajstić information content (AvgIpc) is 2.05. The van der Waals surface area contributed by atoms with E-state index in [1.807, 2.05) is 12.1 Å². The van der Waals surface area contributed by atoms with Crippen molar-refractivity contribution < 1.29 is 0 Å². The normalized spacial score (nSPS) is 8.82. The Labute approximate surface area is 65.8 Å². The van der Waals surface area contributed by atoms with Crippen molar-refractivity contribution in [1.82, 2.24) is 0 Å². The zero-order chi connectivity index (χ0) is 8.27. The van der Waals surface area contributed by atoms with Gasteiger partial charge in [0, 0.05) is 19.2 Å². The molecule has 0 unspecified atom stereocenters. The molecule has 1 rings (SSSR count). The maximum absolute atomic E-state index is 5.48. The highest BCUT2D eigenvalue weighted by atomic mass is 15.4. The van der Waals surface area contributed by atoms with Gasteiger partial charge in [-0.2, -0.15) is 0 Å². The molecule has 1 aromatic rings. The van der Waals surface area contributed by atoms with Crippen LogP contribution in [0.1, 0.15) is 0 Å². The molecule has 0 spiro atoms. The first-order chi connectivity index (χ1) is 5.24. The SMILES string of the molecule is C#[N+]c1ccc(N(C)N)cc1. The van der Waals surface area contributed by atoms with Crippen molar-refractivity contribution in [3.8, 4) is 6.57 Å². The molecule has 0 heterocycles. The summed E-state index contributed by atoms with van der Waals surface area (Å²) in [6.07, 6.45) is 0. The van der Waals surface area contributed by atoms with Crippen molar-refractivity contribution >= 4 is 11.4 Å². The minimum Gasteiger partial charge on any atom is -0.314 e. The van der Waals surface area contributed by atoms with Gasteiger partial charge in [0.1, 0.15) is 0 Å². The predicted molar refractivity (Wildman–Crippen MR) is 47.0 cm³/mol. The molecule has 56 valence electrons. The molecule has 0 amide bonds. The zero-order valence-corrected chi connectivity index (χ0v) is 6.36. The number of anilines is 1. The Morgan fingerprint density at radius 1 is 1.36 bits per heavy atom. The van der Waals surface area contributed by atoms with Crippen LogP contribution in [-0.4, -0.2) is 7.05 Å². The van der Waals surface area contributed by atoms with E-state index in [0.717, 1.165) is 11.4 Å². The van der Waals surface area contributed by atoms with Crippen LogP contribution in [0.15, 0.2) is 24.3 Å². The lowest BCUT2D eigenvalue weighted by Gasteiger charge is -2.09. The Morgan fingerprint density at radius 2 is 1.91 bits per heavy atom. The highest BCUT2D eigenvalue weighted by molar-refractivity contribution is 5.54. The quantitative estimate of drug-likeness (QED) is 0.484. The van der Waals surface area contributed by atoms with Crippen molar-refractivity contribution in [2.75, 3.05) is 12.1 Å². The van der Waals surface area contributed by atoms with E-state index in [4.69, 9.17) is 12.4 Å². The minimum atomic E-state index is 0.746. The van der Waals surface area contributed by atoms with E-state index >= 15 is 0 Å². The van der Waals surface area contributed by atoms with Crippen LogP contribution < -0.4 is 10.9 Å². The minimum absolute atomic E-state index is 0.746. The third-order valence-electron chi connectivity index (χ3n) is 1.41. The molecule has 11 heavy (non-hydrogen) atoms. The Hall–Kier alpha value is -1.53. The van der Waals surface area contributed by atoms with E-state index in [-0.39, 0.29) is 0 Å². The monoisotopic (exact) mass is 148 g/mol. The second kappa shape index (κ2) is 3.04. The Kier molecular flexibility index (Phi) is 2.09. The Morgan fingerprint density at radius 3 is 2.27 bits per heavy atom. The fourth-order valence-corrected chi connectivity index (χ4v) is 0.774. The summed E-state index contributed by atoms with van der Waals surface area (Å²) in [6.45, 7) is 5.06. The largest absolute Gasteiger partial charge is 0.340 e. The van der Waals surface area contributed by atoms with Crippen LogP contribution in [-0.2, 0) is 0 Å². The summed E-state index contributed by atoms with van der Waals surface area (Å²) in [5.41, 5.74) is 1.67. The van der Waals surface area contributed by atoms with Crippen LogP contribution in [0.25, 0.3) is 4.85 Å². The Balaban J connectivity index is 2.94. The van der Waals surface area contributed by atoms with Crippen molar-refractivity contribution in [2.45, 2.75) is 0 Å². The van der Waals surface area contributed by atoms with Gasteiger partial charge in [-0.3, -0.25) is 0 Å². The van der Waals surface area contributed by atoms with E-state index < -0.39 is 0 Å². The van der Waals surface area contributed by atoms with Gasteiger partial charge in [-0.05, 0) is 17.0 Å². The molecule has 0 atom stereocenters. The van der Waals surface area contributed by atoms with E-state index in [1.165, 1.54) is 5.01 Å². The molecule has 0 saturated carbocycles.